The first kappa shape index (κ1) is 25.6. The summed E-state index contributed by atoms with van der Waals surface area (Å²) in [6.07, 6.45) is 8.02. The van der Waals surface area contributed by atoms with Gasteiger partial charge in [0.25, 0.3) is 0 Å². The van der Waals surface area contributed by atoms with Gasteiger partial charge in [0.2, 0.25) is 0 Å². The Labute approximate surface area is 215 Å². The van der Waals surface area contributed by atoms with E-state index in [1.807, 2.05) is 13.8 Å². The zero-order valence-corrected chi connectivity index (χ0v) is 23.0. The van der Waals surface area contributed by atoms with E-state index in [1.54, 1.807) is 13.0 Å². The summed E-state index contributed by atoms with van der Waals surface area (Å²) in [5, 5.41) is 42.3. The number of aromatic hydroxyl groups is 2. The van der Waals surface area contributed by atoms with Crippen molar-refractivity contribution in [3.05, 3.63) is 34.4 Å². The van der Waals surface area contributed by atoms with Crippen molar-refractivity contribution in [2.24, 2.45) is 27.6 Å². The van der Waals surface area contributed by atoms with Crippen molar-refractivity contribution in [1.82, 2.24) is 0 Å². The maximum Gasteiger partial charge on any atom is 0.309 e. The number of aliphatic hydroxyl groups excluding tert-OH is 1. The molecule has 0 radical (unpaired) electrons. The number of carboxylic acid groups (broad SMARTS) is 1. The van der Waals surface area contributed by atoms with E-state index in [0.29, 0.717) is 17.9 Å². The van der Waals surface area contributed by atoms with Crippen LogP contribution in [0.15, 0.2) is 17.7 Å². The number of phenolic OH excluding ortho intramolecular Hbond substituents is 2. The van der Waals surface area contributed by atoms with Gasteiger partial charge in [-0.3, -0.25) is 4.79 Å². The molecule has 4 N–H and O–H groups in total. The molecule has 198 valence electrons. The predicted octanol–water partition coefficient (Wildman–Crippen LogP) is 6.57. The van der Waals surface area contributed by atoms with Gasteiger partial charge < -0.3 is 20.4 Å². The molecule has 0 unspecified atom stereocenters. The lowest BCUT2D eigenvalue weighted by molar-refractivity contribution is -0.177. The second-order valence-electron chi connectivity index (χ2n) is 14.0. The smallest absolute Gasteiger partial charge is 0.309 e. The highest BCUT2D eigenvalue weighted by Crippen LogP contribution is 2.75. The highest BCUT2D eigenvalue weighted by molar-refractivity contribution is 5.74. The molecule has 0 saturated heterocycles. The van der Waals surface area contributed by atoms with Crippen LogP contribution in [0.25, 0.3) is 0 Å². The molecule has 0 aliphatic heterocycles. The highest BCUT2D eigenvalue weighted by Gasteiger charge is 2.67. The van der Waals surface area contributed by atoms with Crippen LogP contribution in [0.2, 0.25) is 0 Å². The van der Waals surface area contributed by atoms with Gasteiger partial charge in [0.05, 0.1) is 11.5 Å². The van der Waals surface area contributed by atoms with Crippen molar-refractivity contribution in [1.29, 1.82) is 0 Å². The second kappa shape index (κ2) is 7.52. The molecule has 5 nitrogen and oxygen atoms in total. The lowest BCUT2D eigenvalue weighted by Gasteiger charge is -2.70. The molecule has 0 heterocycles. The van der Waals surface area contributed by atoms with E-state index >= 15 is 0 Å². The van der Waals surface area contributed by atoms with Gasteiger partial charge in [-0.1, -0.05) is 39.3 Å². The fourth-order valence-corrected chi connectivity index (χ4v) is 9.36. The molecular formula is C31H44O5. The van der Waals surface area contributed by atoms with E-state index in [2.05, 4.69) is 33.8 Å². The van der Waals surface area contributed by atoms with Gasteiger partial charge in [-0.15, -0.1) is 0 Å². The molecule has 3 saturated carbocycles. The van der Waals surface area contributed by atoms with Crippen molar-refractivity contribution >= 4 is 5.97 Å². The monoisotopic (exact) mass is 496 g/mol. The summed E-state index contributed by atoms with van der Waals surface area (Å²) >= 11 is 0. The topological polar surface area (TPSA) is 98.0 Å². The minimum atomic E-state index is -0.692. The van der Waals surface area contributed by atoms with Crippen LogP contribution in [0, 0.1) is 34.5 Å². The molecular weight excluding hydrogens is 452 g/mol. The van der Waals surface area contributed by atoms with Crippen LogP contribution < -0.4 is 0 Å². The van der Waals surface area contributed by atoms with Gasteiger partial charge in [0.15, 0.2) is 11.5 Å². The third-order valence-electron chi connectivity index (χ3n) is 12.2. The van der Waals surface area contributed by atoms with Crippen LogP contribution in [-0.2, 0) is 10.2 Å². The average molecular weight is 497 g/mol. The number of carboxylic acids is 1. The van der Waals surface area contributed by atoms with Crippen molar-refractivity contribution in [2.75, 3.05) is 0 Å². The van der Waals surface area contributed by atoms with Gasteiger partial charge in [-0.05, 0) is 111 Å². The van der Waals surface area contributed by atoms with Crippen LogP contribution in [0.1, 0.15) is 109 Å². The van der Waals surface area contributed by atoms with Gasteiger partial charge >= 0.3 is 5.97 Å². The molecule has 36 heavy (non-hydrogen) atoms. The first-order chi connectivity index (χ1) is 16.5. The van der Waals surface area contributed by atoms with E-state index in [4.69, 9.17) is 0 Å². The lowest BCUT2D eigenvalue weighted by atomic mass is 9.34. The van der Waals surface area contributed by atoms with Gasteiger partial charge in [-0.25, -0.2) is 0 Å². The standard InChI is InChI=1S/C31H44O5/c1-17-24-19(18(2)32)14-22-29(5,20(24)15-21(33)25(17)34)11-13-31(7)23-16-28(4,26(35)36)9-8-27(23,3)10-12-30(22,31)6/h14-15,18-19,23,32-34H,8-13,16H2,1-7H3,(H,35,36)/t18-,19-,23-,27-,28-,29+,30-,31+/m1/s1. The third kappa shape index (κ3) is 3.01. The van der Waals surface area contributed by atoms with E-state index in [-0.39, 0.29) is 39.1 Å². The second-order valence-corrected chi connectivity index (χ2v) is 14.0. The van der Waals surface area contributed by atoms with E-state index in [9.17, 15) is 25.2 Å². The molecule has 0 bridgehead atoms. The zero-order valence-electron chi connectivity index (χ0n) is 23.0. The van der Waals surface area contributed by atoms with Crippen LogP contribution in [0.3, 0.4) is 0 Å². The maximum atomic E-state index is 12.3. The van der Waals surface area contributed by atoms with Crippen molar-refractivity contribution in [3.8, 4) is 11.5 Å². The summed E-state index contributed by atoms with van der Waals surface area (Å²) < 4.78 is 0. The molecule has 4 aliphatic carbocycles. The number of hydrogen-bond donors (Lipinski definition) is 4. The fraction of sp³-hybridized carbons (Fsp3) is 0.710. The molecule has 3 fully saturated rings. The quantitative estimate of drug-likeness (QED) is 0.274. The van der Waals surface area contributed by atoms with E-state index in [0.717, 1.165) is 49.7 Å². The van der Waals surface area contributed by atoms with E-state index < -0.39 is 17.5 Å². The van der Waals surface area contributed by atoms with E-state index in [1.165, 1.54) is 5.57 Å². The average Bonchev–Trinajstić information content (AvgIpc) is 2.80. The lowest BCUT2D eigenvalue weighted by Crippen LogP contribution is -2.62. The normalized spacial score (nSPS) is 44.4. The Hall–Kier alpha value is -2.01. The van der Waals surface area contributed by atoms with Crippen LogP contribution in [0.5, 0.6) is 11.5 Å². The summed E-state index contributed by atoms with van der Waals surface area (Å²) in [5.74, 6) is -0.845. The van der Waals surface area contributed by atoms with Crippen LogP contribution in [-0.4, -0.2) is 32.5 Å². The number of aliphatic carboxylic acids is 1. The SMILES string of the molecule is Cc1c(O)c(O)cc2c1[C@@H]([C@@H](C)O)C=C1[C@@]2(C)CC[C@@]2(C)[C@@H]3C[C@](C)(C(=O)O)CC[C@]3(C)CC[C@]12C. The molecule has 0 spiro atoms. The number of allylic oxidation sites excluding steroid dienone is 1. The zero-order chi connectivity index (χ0) is 26.6. The van der Waals surface area contributed by atoms with Crippen molar-refractivity contribution in [3.63, 3.8) is 0 Å². The van der Waals surface area contributed by atoms with Crippen molar-refractivity contribution < 1.29 is 25.2 Å². The Bertz CT molecular complexity index is 1170. The molecule has 1 aromatic carbocycles. The minimum Gasteiger partial charge on any atom is -0.504 e. The summed E-state index contributed by atoms with van der Waals surface area (Å²) in [5.41, 5.74) is 2.83. The molecule has 4 aliphatic rings. The molecule has 0 aromatic heterocycles. The Morgan fingerprint density at radius 3 is 2.25 bits per heavy atom. The van der Waals surface area contributed by atoms with Crippen LogP contribution >= 0.6 is 0 Å². The first-order valence-corrected chi connectivity index (χ1v) is 13.7. The Kier molecular flexibility index (Phi) is 5.36. The number of aliphatic hydroxyl groups is 1. The summed E-state index contributed by atoms with van der Waals surface area (Å²) in [4.78, 5) is 12.3. The number of rotatable bonds is 2. The number of hydrogen-bond acceptors (Lipinski definition) is 4. The number of carbonyl (C=O) groups is 1. The third-order valence-corrected chi connectivity index (χ3v) is 12.2. The summed E-state index contributed by atoms with van der Waals surface area (Å²) in [7, 11) is 0. The summed E-state index contributed by atoms with van der Waals surface area (Å²) in [6.45, 7) is 15.0. The van der Waals surface area contributed by atoms with Crippen LogP contribution in [0.4, 0.5) is 0 Å². The molecule has 1 aromatic rings. The summed E-state index contributed by atoms with van der Waals surface area (Å²) in [6, 6.07) is 1.74. The molecule has 5 rings (SSSR count). The fourth-order valence-electron chi connectivity index (χ4n) is 9.36. The van der Waals surface area contributed by atoms with Gasteiger partial charge in [0.1, 0.15) is 0 Å². The molecule has 5 heteroatoms. The number of phenols is 2. The predicted molar refractivity (Wildman–Crippen MR) is 140 cm³/mol. The Morgan fingerprint density at radius 2 is 1.64 bits per heavy atom. The number of benzene rings is 1. The Morgan fingerprint density at radius 1 is 1.00 bits per heavy atom. The molecule has 8 atom stereocenters. The van der Waals surface area contributed by atoms with Gasteiger partial charge in [0, 0.05) is 11.3 Å². The first-order valence-electron chi connectivity index (χ1n) is 13.7. The van der Waals surface area contributed by atoms with Crippen molar-refractivity contribution in [2.45, 2.75) is 111 Å². The maximum absolute atomic E-state index is 12.3. The highest BCUT2D eigenvalue weighted by atomic mass is 16.4. The largest absolute Gasteiger partial charge is 0.504 e. The minimum absolute atomic E-state index is 0.0722. The molecule has 0 amide bonds. The van der Waals surface area contributed by atoms with Gasteiger partial charge in [-0.2, -0.15) is 0 Å². The Balaban J connectivity index is 1.70. The number of fused-ring (bicyclic) bond motifs is 7.